The predicted molar refractivity (Wildman–Crippen MR) is 115 cm³/mol. The van der Waals surface area contributed by atoms with Gasteiger partial charge in [0.2, 0.25) is 0 Å². The molecule has 0 bridgehead atoms. The van der Waals surface area contributed by atoms with E-state index in [1.54, 1.807) is 30.3 Å². The van der Waals surface area contributed by atoms with E-state index in [9.17, 15) is 21.6 Å². The number of nitrogens with two attached hydrogens (primary N) is 1. The van der Waals surface area contributed by atoms with Crippen LogP contribution < -0.4 is 19.8 Å². The fourth-order valence-corrected chi connectivity index (χ4v) is 5.68. The zero-order chi connectivity index (χ0) is 23.1. The lowest BCUT2D eigenvalue weighted by molar-refractivity contribution is -0.0499. The van der Waals surface area contributed by atoms with Crippen molar-refractivity contribution >= 4 is 29.1 Å². The van der Waals surface area contributed by atoms with E-state index in [0.717, 1.165) is 0 Å². The van der Waals surface area contributed by atoms with Crippen LogP contribution in [-0.4, -0.2) is 29.1 Å². The van der Waals surface area contributed by atoms with E-state index in [2.05, 4.69) is 4.18 Å². The number of ether oxygens (including phenoxy) is 1. The highest BCUT2D eigenvalue weighted by Crippen LogP contribution is 2.41. The smallest absolute Gasteiger partial charge is 0.497 e. The monoisotopic (exact) mass is 461 g/mol. The zero-order valence-corrected chi connectivity index (χ0v) is 19.5. The van der Waals surface area contributed by atoms with Gasteiger partial charge in [0.1, 0.15) is 11.5 Å². The highest BCUT2D eigenvalue weighted by molar-refractivity contribution is 7.88. The number of methoxy groups -OCH3 is 1. The summed E-state index contributed by atoms with van der Waals surface area (Å²) in [5, 5.41) is 0.00291. The molecule has 2 aromatic carbocycles. The standard InChI is InChI=1S/C20H26F3NO4SSi/c1-19(2,3)30(5,6)18-16(24)11-14(13-7-9-15(27-4)10-8-13)12-17(18)28-29(25,26)20(21,22)23/h7-12H,24H2,1-6H3. The quantitative estimate of drug-likeness (QED) is 0.297. The number of alkyl halides is 3. The molecule has 0 unspecified atom stereocenters. The number of rotatable bonds is 5. The van der Waals surface area contributed by atoms with E-state index in [0.29, 0.717) is 22.1 Å². The summed E-state index contributed by atoms with van der Waals surface area (Å²) in [5.41, 5.74) is 1.98. The molecule has 30 heavy (non-hydrogen) atoms. The van der Waals surface area contributed by atoms with Gasteiger partial charge >= 0.3 is 15.6 Å². The minimum Gasteiger partial charge on any atom is -0.497 e. The van der Waals surface area contributed by atoms with Crippen LogP contribution in [-0.2, 0) is 10.1 Å². The van der Waals surface area contributed by atoms with Crippen molar-refractivity contribution in [2.24, 2.45) is 0 Å². The van der Waals surface area contributed by atoms with Crippen molar-refractivity contribution in [3.8, 4) is 22.6 Å². The predicted octanol–water partition coefficient (Wildman–Crippen LogP) is 4.89. The Hall–Kier alpha value is -2.20. The van der Waals surface area contributed by atoms with Crippen molar-refractivity contribution < 1.29 is 30.5 Å². The van der Waals surface area contributed by atoms with Crippen LogP contribution in [0.15, 0.2) is 36.4 Å². The third-order valence-electron chi connectivity index (χ3n) is 5.54. The van der Waals surface area contributed by atoms with Gasteiger partial charge < -0.3 is 14.7 Å². The van der Waals surface area contributed by atoms with E-state index in [1.165, 1.54) is 13.2 Å². The van der Waals surface area contributed by atoms with Crippen LogP contribution in [0.2, 0.25) is 18.1 Å². The Bertz CT molecular complexity index is 1030. The summed E-state index contributed by atoms with van der Waals surface area (Å²) >= 11 is 0. The van der Waals surface area contributed by atoms with E-state index in [1.807, 2.05) is 33.9 Å². The van der Waals surface area contributed by atoms with Gasteiger partial charge in [0.15, 0.2) is 0 Å². The summed E-state index contributed by atoms with van der Waals surface area (Å²) in [6.45, 7) is 9.66. The third kappa shape index (κ3) is 4.59. The first-order chi connectivity index (χ1) is 13.5. The summed E-state index contributed by atoms with van der Waals surface area (Å²) in [6.07, 6.45) is 0. The molecule has 10 heteroatoms. The van der Waals surface area contributed by atoms with Crippen LogP contribution in [0.4, 0.5) is 18.9 Å². The minimum atomic E-state index is -5.86. The van der Waals surface area contributed by atoms with Crippen LogP contribution in [0.3, 0.4) is 0 Å². The van der Waals surface area contributed by atoms with Gasteiger partial charge in [-0.1, -0.05) is 46.0 Å². The molecular weight excluding hydrogens is 435 g/mol. The first-order valence-electron chi connectivity index (χ1n) is 9.10. The molecule has 0 aliphatic carbocycles. The van der Waals surface area contributed by atoms with Crippen LogP contribution in [0.1, 0.15) is 20.8 Å². The van der Waals surface area contributed by atoms with Crippen LogP contribution >= 0.6 is 0 Å². The number of hydrogen-bond donors (Lipinski definition) is 1. The Morgan fingerprint density at radius 1 is 0.967 bits per heavy atom. The first-order valence-corrected chi connectivity index (χ1v) is 13.5. The SMILES string of the molecule is COc1ccc(-c2cc(N)c([Si](C)(C)C(C)(C)C)c(OS(=O)(=O)C(F)(F)F)c2)cc1. The lowest BCUT2D eigenvalue weighted by Gasteiger charge is -2.39. The third-order valence-corrected chi connectivity index (χ3v) is 12.0. The number of nitrogen functional groups attached to an aromatic ring is 1. The number of anilines is 1. The number of benzene rings is 2. The Morgan fingerprint density at radius 3 is 1.93 bits per heavy atom. The fourth-order valence-electron chi connectivity index (χ4n) is 2.86. The van der Waals surface area contributed by atoms with Gasteiger partial charge in [-0.15, -0.1) is 0 Å². The second kappa shape index (κ2) is 7.81. The van der Waals surface area contributed by atoms with Crippen LogP contribution in [0, 0.1) is 0 Å². The molecule has 0 aromatic heterocycles. The Labute approximate surface area is 176 Å². The van der Waals surface area contributed by atoms with Gasteiger partial charge in [0.25, 0.3) is 0 Å². The molecular formula is C20H26F3NO4SSi. The molecule has 0 aliphatic rings. The van der Waals surface area contributed by atoms with E-state index >= 15 is 0 Å². The normalized spacial score (nSPS) is 13.2. The molecule has 0 heterocycles. The molecule has 0 spiro atoms. The molecule has 0 saturated heterocycles. The summed E-state index contributed by atoms with van der Waals surface area (Å²) in [7, 11) is -6.92. The lowest BCUT2D eigenvalue weighted by Crippen LogP contribution is -2.51. The van der Waals surface area contributed by atoms with Crippen molar-refractivity contribution in [1.29, 1.82) is 0 Å². The maximum absolute atomic E-state index is 13.0. The van der Waals surface area contributed by atoms with Gasteiger partial charge in [-0.25, -0.2) is 0 Å². The van der Waals surface area contributed by atoms with Gasteiger partial charge in [-0.3, -0.25) is 0 Å². The Morgan fingerprint density at radius 2 is 1.50 bits per heavy atom. The topological polar surface area (TPSA) is 78.6 Å². The summed E-state index contributed by atoms with van der Waals surface area (Å²) in [5.74, 6) is 0.213. The molecule has 0 radical (unpaired) electrons. The van der Waals surface area contributed by atoms with Crippen molar-refractivity contribution in [3.63, 3.8) is 0 Å². The van der Waals surface area contributed by atoms with Crippen molar-refractivity contribution in [3.05, 3.63) is 36.4 Å². The Kier molecular flexibility index (Phi) is 6.26. The largest absolute Gasteiger partial charge is 0.534 e. The van der Waals surface area contributed by atoms with Crippen LogP contribution in [0.5, 0.6) is 11.5 Å². The van der Waals surface area contributed by atoms with Gasteiger partial charge in [0.05, 0.1) is 15.2 Å². The molecule has 0 amide bonds. The summed E-state index contributed by atoms with van der Waals surface area (Å²) in [4.78, 5) is 0. The van der Waals surface area contributed by atoms with Crippen LogP contribution in [0.25, 0.3) is 11.1 Å². The van der Waals surface area contributed by atoms with E-state index in [4.69, 9.17) is 10.5 Å². The van der Waals surface area contributed by atoms with Gasteiger partial charge in [-0.05, 0) is 40.4 Å². The molecule has 0 atom stereocenters. The molecule has 0 fully saturated rings. The molecule has 0 saturated carbocycles. The highest BCUT2D eigenvalue weighted by Gasteiger charge is 2.50. The average molecular weight is 462 g/mol. The highest BCUT2D eigenvalue weighted by atomic mass is 32.2. The van der Waals surface area contributed by atoms with Gasteiger partial charge in [-0.2, -0.15) is 21.6 Å². The van der Waals surface area contributed by atoms with Crippen molar-refractivity contribution in [2.45, 2.75) is 44.4 Å². The summed E-state index contributed by atoms with van der Waals surface area (Å²) in [6, 6.07) is 9.69. The lowest BCUT2D eigenvalue weighted by atomic mass is 10.0. The Balaban J connectivity index is 2.76. The van der Waals surface area contributed by atoms with E-state index < -0.39 is 23.7 Å². The molecule has 2 N–H and O–H groups in total. The molecule has 2 rings (SSSR count). The number of hydrogen-bond acceptors (Lipinski definition) is 5. The van der Waals surface area contributed by atoms with Crippen molar-refractivity contribution in [1.82, 2.24) is 0 Å². The maximum atomic E-state index is 13.0. The fraction of sp³-hybridized carbons (Fsp3) is 0.400. The molecule has 2 aromatic rings. The van der Waals surface area contributed by atoms with Crippen molar-refractivity contribution in [2.75, 3.05) is 12.8 Å². The van der Waals surface area contributed by atoms with E-state index in [-0.39, 0.29) is 16.5 Å². The molecule has 166 valence electrons. The minimum absolute atomic E-state index is 0.197. The number of halogens is 3. The average Bonchev–Trinajstić information content (AvgIpc) is 2.58. The molecule has 0 aliphatic heterocycles. The first kappa shape index (κ1) is 24.1. The maximum Gasteiger partial charge on any atom is 0.534 e. The second-order valence-electron chi connectivity index (χ2n) is 8.53. The zero-order valence-electron chi connectivity index (χ0n) is 17.7. The second-order valence-corrected chi connectivity index (χ2v) is 15.3. The van der Waals surface area contributed by atoms with Gasteiger partial charge in [0, 0.05) is 10.9 Å². The molecule has 5 nitrogen and oxygen atoms in total. The summed E-state index contributed by atoms with van der Waals surface area (Å²) < 4.78 is 72.5.